The molecule has 1 atom stereocenters. The lowest BCUT2D eigenvalue weighted by Crippen LogP contribution is -2.00. The number of rotatable bonds is 2. The molecule has 2 rings (SSSR count). The molecule has 1 aromatic heterocycles. The minimum Gasteiger partial charge on any atom is -0.384 e. The molecule has 0 fully saturated rings. The second-order valence-electron chi connectivity index (χ2n) is 3.10. The van der Waals surface area contributed by atoms with Gasteiger partial charge >= 0.3 is 0 Å². The van der Waals surface area contributed by atoms with Crippen LogP contribution in [0.1, 0.15) is 17.2 Å². The van der Waals surface area contributed by atoms with Crippen molar-refractivity contribution in [2.45, 2.75) is 6.10 Å². The number of benzene rings is 1. The summed E-state index contributed by atoms with van der Waals surface area (Å²) in [4.78, 5) is 0. The van der Waals surface area contributed by atoms with Gasteiger partial charge in [0.15, 0.2) is 0 Å². The van der Waals surface area contributed by atoms with Crippen LogP contribution in [0.25, 0.3) is 0 Å². The molecule has 0 spiro atoms. The normalized spacial score (nSPS) is 12.7. The van der Waals surface area contributed by atoms with E-state index in [9.17, 15) is 9.50 Å². The van der Waals surface area contributed by atoms with Crippen molar-refractivity contribution in [3.8, 4) is 0 Å². The maximum Gasteiger partial charge on any atom is 0.137 e. The van der Waals surface area contributed by atoms with Gasteiger partial charge in [-0.2, -0.15) is 11.3 Å². The van der Waals surface area contributed by atoms with Crippen LogP contribution < -0.4 is 0 Å². The van der Waals surface area contributed by atoms with Gasteiger partial charge in [0.1, 0.15) is 11.9 Å². The Bertz CT molecular complexity index is 456. The summed E-state index contributed by atoms with van der Waals surface area (Å²) in [5.41, 5.74) is 1.33. The molecule has 0 aliphatic rings. The summed E-state index contributed by atoms with van der Waals surface area (Å²) in [5, 5.41) is 13.7. The summed E-state index contributed by atoms with van der Waals surface area (Å²) in [6.45, 7) is 0. The highest BCUT2D eigenvalue weighted by molar-refractivity contribution is 9.10. The van der Waals surface area contributed by atoms with E-state index in [2.05, 4.69) is 15.9 Å². The first-order valence-electron chi connectivity index (χ1n) is 4.34. The van der Waals surface area contributed by atoms with Gasteiger partial charge in [0.2, 0.25) is 0 Å². The Hall–Kier alpha value is -0.710. The zero-order valence-electron chi connectivity index (χ0n) is 7.65. The van der Waals surface area contributed by atoms with E-state index in [0.29, 0.717) is 10.0 Å². The SMILES string of the molecule is OC(c1ccsc1)c1cccc(F)c1Br. The van der Waals surface area contributed by atoms with Crippen LogP contribution >= 0.6 is 27.3 Å². The maximum absolute atomic E-state index is 13.2. The van der Waals surface area contributed by atoms with Gasteiger partial charge in [-0.1, -0.05) is 12.1 Å². The Morgan fingerprint density at radius 1 is 1.33 bits per heavy atom. The second-order valence-corrected chi connectivity index (χ2v) is 4.68. The molecule has 1 nitrogen and oxygen atoms in total. The van der Waals surface area contributed by atoms with E-state index >= 15 is 0 Å². The minimum absolute atomic E-state index is 0.323. The van der Waals surface area contributed by atoms with Crippen molar-refractivity contribution in [1.29, 1.82) is 0 Å². The molecule has 0 aliphatic carbocycles. The molecule has 4 heteroatoms. The van der Waals surface area contributed by atoms with Crippen LogP contribution in [-0.4, -0.2) is 5.11 Å². The number of aliphatic hydroxyl groups is 1. The predicted octanol–water partition coefficient (Wildman–Crippen LogP) is 3.73. The third-order valence-electron chi connectivity index (χ3n) is 2.13. The van der Waals surface area contributed by atoms with Crippen molar-refractivity contribution >= 4 is 27.3 Å². The Labute approximate surface area is 99.3 Å². The van der Waals surface area contributed by atoms with E-state index in [0.717, 1.165) is 5.56 Å². The van der Waals surface area contributed by atoms with Gasteiger partial charge in [-0.3, -0.25) is 0 Å². The summed E-state index contributed by atoms with van der Waals surface area (Å²) in [6.07, 6.45) is -0.777. The zero-order valence-corrected chi connectivity index (χ0v) is 10.1. The maximum atomic E-state index is 13.2. The lowest BCUT2D eigenvalue weighted by molar-refractivity contribution is 0.219. The highest BCUT2D eigenvalue weighted by Crippen LogP contribution is 2.30. The van der Waals surface area contributed by atoms with Crippen molar-refractivity contribution in [2.24, 2.45) is 0 Å². The van der Waals surface area contributed by atoms with E-state index in [1.54, 1.807) is 12.1 Å². The Kier molecular flexibility index (Phi) is 3.19. The Morgan fingerprint density at radius 2 is 2.13 bits per heavy atom. The standard InChI is InChI=1S/C11H8BrFOS/c12-10-8(2-1-3-9(10)13)11(14)7-4-5-15-6-7/h1-6,11,14H. The quantitative estimate of drug-likeness (QED) is 0.892. The average molecular weight is 287 g/mol. The van der Waals surface area contributed by atoms with E-state index in [1.165, 1.54) is 17.4 Å². The van der Waals surface area contributed by atoms with Gasteiger partial charge in [-0.25, -0.2) is 4.39 Å². The van der Waals surface area contributed by atoms with Crippen molar-refractivity contribution in [3.05, 3.63) is 56.4 Å². The molecular formula is C11H8BrFOS. The van der Waals surface area contributed by atoms with Crippen LogP contribution in [0.5, 0.6) is 0 Å². The first-order valence-corrected chi connectivity index (χ1v) is 6.08. The Morgan fingerprint density at radius 3 is 2.80 bits per heavy atom. The monoisotopic (exact) mass is 286 g/mol. The van der Waals surface area contributed by atoms with Crippen molar-refractivity contribution in [3.63, 3.8) is 0 Å². The Balaban J connectivity index is 2.42. The van der Waals surface area contributed by atoms with E-state index in [4.69, 9.17) is 0 Å². The van der Waals surface area contributed by atoms with E-state index in [-0.39, 0.29) is 5.82 Å². The summed E-state index contributed by atoms with van der Waals surface area (Å²) >= 11 is 4.64. The molecule has 0 radical (unpaired) electrons. The van der Waals surface area contributed by atoms with E-state index in [1.807, 2.05) is 16.8 Å². The lowest BCUT2D eigenvalue weighted by atomic mass is 10.0. The zero-order chi connectivity index (χ0) is 10.8. The fraction of sp³-hybridized carbons (Fsp3) is 0.0909. The smallest absolute Gasteiger partial charge is 0.137 e. The van der Waals surface area contributed by atoms with Crippen LogP contribution in [-0.2, 0) is 0 Å². The molecule has 1 heterocycles. The second kappa shape index (κ2) is 4.43. The van der Waals surface area contributed by atoms with Gasteiger partial charge < -0.3 is 5.11 Å². The van der Waals surface area contributed by atoms with Gasteiger partial charge in [0.25, 0.3) is 0 Å². The molecule has 1 unspecified atom stereocenters. The van der Waals surface area contributed by atoms with Crippen LogP contribution in [0, 0.1) is 5.82 Å². The van der Waals surface area contributed by atoms with Crippen LogP contribution in [0.3, 0.4) is 0 Å². The van der Waals surface area contributed by atoms with Gasteiger partial charge in [-0.05, 0) is 44.4 Å². The molecule has 0 saturated heterocycles. The van der Waals surface area contributed by atoms with Crippen LogP contribution in [0.2, 0.25) is 0 Å². The fourth-order valence-corrected chi connectivity index (χ4v) is 2.50. The van der Waals surface area contributed by atoms with Gasteiger partial charge in [-0.15, -0.1) is 0 Å². The number of aliphatic hydroxyl groups excluding tert-OH is 1. The largest absolute Gasteiger partial charge is 0.384 e. The summed E-state index contributed by atoms with van der Waals surface area (Å²) in [6, 6.07) is 6.47. The molecular weight excluding hydrogens is 279 g/mol. The highest BCUT2D eigenvalue weighted by Gasteiger charge is 2.15. The van der Waals surface area contributed by atoms with Crippen LogP contribution in [0.15, 0.2) is 39.5 Å². The first-order chi connectivity index (χ1) is 7.20. The molecule has 1 N–H and O–H groups in total. The summed E-state index contributed by atoms with van der Waals surface area (Å²) < 4.78 is 13.5. The average Bonchev–Trinajstić information content (AvgIpc) is 2.74. The van der Waals surface area contributed by atoms with E-state index < -0.39 is 6.10 Å². The van der Waals surface area contributed by atoms with Gasteiger partial charge in [0.05, 0.1) is 4.47 Å². The molecule has 2 aromatic rings. The highest BCUT2D eigenvalue weighted by atomic mass is 79.9. The third-order valence-corrected chi connectivity index (χ3v) is 3.67. The molecule has 0 aliphatic heterocycles. The summed E-state index contributed by atoms with van der Waals surface area (Å²) in [7, 11) is 0. The number of thiophene rings is 1. The van der Waals surface area contributed by atoms with Gasteiger partial charge in [0, 0.05) is 5.56 Å². The topological polar surface area (TPSA) is 20.2 Å². The molecule has 0 saturated carbocycles. The predicted molar refractivity (Wildman–Crippen MR) is 62.5 cm³/mol. The molecule has 0 bridgehead atoms. The lowest BCUT2D eigenvalue weighted by Gasteiger charge is -2.11. The minimum atomic E-state index is -0.777. The fourth-order valence-electron chi connectivity index (χ4n) is 1.34. The molecule has 15 heavy (non-hydrogen) atoms. The number of hydrogen-bond donors (Lipinski definition) is 1. The third kappa shape index (κ3) is 2.12. The number of hydrogen-bond acceptors (Lipinski definition) is 2. The molecule has 0 amide bonds. The first kappa shape index (κ1) is 10.8. The van der Waals surface area contributed by atoms with Crippen molar-refractivity contribution in [1.82, 2.24) is 0 Å². The number of halogens is 2. The molecule has 1 aromatic carbocycles. The van der Waals surface area contributed by atoms with Crippen LogP contribution in [0.4, 0.5) is 4.39 Å². The molecule has 78 valence electrons. The van der Waals surface area contributed by atoms with Crippen molar-refractivity contribution in [2.75, 3.05) is 0 Å². The summed E-state index contributed by atoms with van der Waals surface area (Å²) in [5.74, 6) is -0.359. The van der Waals surface area contributed by atoms with Crippen molar-refractivity contribution < 1.29 is 9.50 Å².